The molecule has 1 aromatic heterocycles. The number of carbonyl (C=O) groups is 3. The van der Waals surface area contributed by atoms with Crippen LogP contribution in [0.25, 0.3) is 0 Å². The number of methoxy groups -OCH3 is 1. The van der Waals surface area contributed by atoms with Gasteiger partial charge in [-0.05, 0) is 38.8 Å². The fourth-order valence-electron chi connectivity index (χ4n) is 4.30. The summed E-state index contributed by atoms with van der Waals surface area (Å²) in [6.45, 7) is 3.85. The van der Waals surface area contributed by atoms with E-state index in [9.17, 15) is 14.4 Å². The number of hydrogen-bond donors (Lipinski definition) is 1. The van der Waals surface area contributed by atoms with E-state index in [0.29, 0.717) is 5.69 Å². The van der Waals surface area contributed by atoms with E-state index in [1.54, 1.807) is 6.92 Å². The maximum atomic E-state index is 13.5. The standard InChI is InChI=1S/C22H26N4O4/c1-14-8-10-16(11-9-14)26-19(27)18-12-17(20(28)30-3)24-25(18)13-22(26,2)21(29)23-15-6-4-5-7-15/h8-12,15H,4-7,13H2,1-3H3,(H,23,29). The van der Waals surface area contributed by atoms with E-state index in [4.69, 9.17) is 4.74 Å². The van der Waals surface area contributed by atoms with Gasteiger partial charge in [-0.2, -0.15) is 5.10 Å². The Morgan fingerprint density at radius 2 is 1.87 bits per heavy atom. The van der Waals surface area contributed by atoms with Gasteiger partial charge in [-0.1, -0.05) is 30.5 Å². The predicted octanol–water partition coefficient (Wildman–Crippen LogP) is 2.46. The molecule has 1 aliphatic heterocycles. The third kappa shape index (κ3) is 3.36. The molecule has 1 aromatic carbocycles. The molecule has 30 heavy (non-hydrogen) atoms. The summed E-state index contributed by atoms with van der Waals surface area (Å²) in [5.41, 5.74) is 0.786. The number of aromatic nitrogens is 2. The Morgan fingerprint density at radius 1 is 1.20 bits per heavy atom. The average molecular weight is 410 g/mol. The van der Waals surface area contributed by atoms with Crippen molar-refractivity contribution in [1.82, 2.24) is 15.1 Å². The number of fused-ring (bicyclic) bond motifs is 1. The minimum absolute atomic E-state index is 0.0464. The number of amides is 2. The number of anilines is 1. The number of hydrogen-bond acceptors (Lipinski definition) is 5. The van der Waals surface area contributed by atoms with Gasteiger partial charge in [0.1, 0.15) is 11.2 Å². The van der Waals surface area contributed by atoms with Gasteiger partial charge in [-0.15, -0.1) is 0 Å². The van der Waals surface area contributed by atoms with Crippen LogP contribution in [0.2, 0.25) is 0 Å². The second-order valence-electron chi connectivity index (χ2n) is 8.27. The van der Waals surface area contributed by atoms with Crippen molar-refractivity contribution in [3.05, 3.63) is 47.3 Å². The van der Waals surface area contributed by atoms with Crippen LogP contribution in [-0.2, 0) is 16.1 Å². The normalized spacial score (nSPS) is 21.4. The van der Waals surface area contributed by atoms with Gasteiger partial charge in [0.05, 0.1) is 13.7 Å². The Bertz CT molecular complexity index is 991. The summed E-state index contributed by atoms with van der Waals surface area (Å²) in [4.78, 5) is 40.4. The fourth-order valence-corrected chi connectivity index (χ4v) is 4.30. The van der Waals surface area contributed by atoms with Crippen LogP contribution in [0.5, 0.6) is 0 Å². The Kier molecular flexibility index (Phi) is 5.09. The number of nitrogens with one attached hydrogen (secondary N) is 1. The maximum Gasteiger partial charge on any atom is 0.358 e. The van der Waals surface area contributed by atoms with Gasteiger partial charge < -0.3 is 10.1 Å². The summed E-state index contributed by atoms with van der Waals surface area (Å²) in [6, 6.07) is 9.02. The van der Waals surface area contributed by atoms with Crippen molar-refractivity contribution in [3.8, 4) is 0 Å². The van der Waals surface area contributed by atoms with Crippen LogP contribution >= 0.6 is 0 Å². The summed E-state index contributed by atoms with van der Waals surface area (Å²) in [7, 11) is 1.26. The van der Waals surface area contributed by atoms with Crippen molar-refractivity contribution < 1.29 is 19.1 Å². The first-order valence-corrected chi connectivity index (χ1v) is 10.2. The highest BCUT2D eigenvalue weighted by atomic mass is 16.5. The van der Waals surface area contributed by atoms with Crippen LogP contribution in [0.3, 0.4) is 0 Å². The summed E-state index contributed by atoms with van der Waals surface area (Å²) in [6.07, 6.45) is 4.07. The van der Waals surface area contributed by atoms with Gasteiger partial charge in [0.25, 0.3) is 5.91 Å². The summed E-state index contributed by atoms with van der Waals surface area (Å²) >= 11 is 0. The first-order valence-electron chi connectivity index (χ1n) is 10.2. The fraction of sp³-hybridized carbons (Fsp3) is 0.455. The Labute approximate surface area is 175 Å². The quantitative estimate of drug-likeness (QED) is 0.782. The smallest absolute Gasteiger partial charge is 0.358 e. The Balaban J connectivity index is 1.77. The number of aryl methyl sites for hydroxylation is 1. The summed E-state index contributed by atoms with van der Waals surface area (Å²) < 4.78 is 6.18. The van der Waals surface area contributed by atoms with Gasteiger partial charge in [-0.25, -0.2) is 4.79 Å². The lowest BCUT2D eigenvalue weighted by Gasteiger charge is -2.43. The van der Waals surface area contributed by atoms with E-state index in [-0.39, 0.29) is 35.8 Å². The molecule has 158 valence electrons. The van der Waals surface area contributed by atoms with E-state index in [1.165, 1.54) is 22.8 Å². The van der Waals surface area contributed by atoms with E-state index in [1.807, 2.05) is 31.2 Å². The minimum Gasteiger partial charge on any atom is -0.464 e. The molecular formula is C22H26N4O4. The van der Waals surface area contributed by atoms with Gasteiger partial charge in [-0.3, -0.25) is 19.2 Å². The third-order valence-corrected chi connectivity index (χ3v) is 6.02. The lowest BCUT2D eigenvalue weighted by atomic mass is 9.93. The zero-order valence-corrected chi connectivity index (χ0v) is 17.5. The molecule has 0 spiro atoms. The van der Waals surface area contributed by atoms with Gasteiger partial charge in [0, 0.05) is 17.8 Å². The highest BCUT2D eigenvalue weighted by molar-refractivity contribution is 6.12. The first kappa shape index (κ1) is 20.1. The molecule has 1 fully saturated rings. The molecule has 2 aliphatic rings. The van der Waals surface area contributed by atoms with Crippen LogP contribution < -0.4 is 10.2 Å². The van der Waals surface area contributed by atoms with Gasteiger partial charge in [0.15, 0.2) is 5.69 Å². The highest BCUT2D eigenvalue weighted by Crippen LogP contribution is 2.33. The van der Waals surface area contributed by atoms with Gasteiger partial charge >= 0.3 is 5.97 Å². The van der Waals surface area contributed by atoms with Crippen LogP contribution in [0.15, 0.2) is 30.3 Å². The van der Waals surface area contributed by atoms with Crippen molar-refractivity contribution in [2.24, 2.45) is 0 Å². The van der Waals surface area contributed by atoms with E-state index in [0.717, 1.165) is 31.2 Å². The van der Waals surface area contributed by atoms with Crippen LogP contribution in [0.1, 0.15) is 59.1 Å². The summed E-state index contributed by atoms with van der Waals surface area (Å²) in [5.74, 6) is -1.22. The number of nitrogens with zero attached hydrogens (tertiary/aromatic N) is 3. The molecule has 1 atom stereocenters. The molecule has 1 N–H and O–H groups in total. The van der Waals surface area contributed by atoms with Crippen molar-refractivity contribution in [3.63, 3.8) is 0 Å². The number of carbonyl (C=O) groups excluding carboxylic acids is 3. The summed E-state index contributed by atoms with van der Waals surface area (Å²) in [5, 5.41) is 7.37. The third-order valence-electron chi connectivity index (χ3n) is 6.02. The molecule has 2 heterocycles. The Hall–Kier alpha value is -3.16. The molecule has 1 unspecified atom stereocenters. The topological polar surface area (TPSA) is 93.5 Å². The molecular weight excluding hydrogens is 384 g/mol. The van der Waals surface area contributed by atoms with Crippen LogP contribution in [0, 0.1) is 6.92 Å². The molecule has 0 saturated heterocycles. The number of ether oxygens (including phenoxy) is 1. The molecule has 0 radical (unpaired) electrons. The molecule has 8 heteroatoms. The van der Waals surface area contributed by atoms with Crippen LogP contribution in [0.4, 0.5) is 5.69 Å². The molecule has 4 rings (SSSR count). The largest absolute Gasteiger partial charge is 0.464 e. The molecule has 8 nitrogen and oxygen atoms in total. The molecule has 1 aliphatic carbocycles. The van der Waals surface area contributed by atoms with Gasteiger partial charge in [0.2, 0.25) is 5.91 Å². The zero-order valence-electron chi connectivity index (χ0n) is 17.5. The average Bonchev–Trinajstić information content (AvgIpc) is 3.38. The molecule has 2 aromatic rings. The first-order chi connectivity index (χ1) is 14.3. The Morgan fingerprint density at radius 3 is 2.50 bits per heavy atom. The van der Waals surface area contributed by atoms with Crippen LogP contribution in [-0.4, -0.2) is 46.3 Å². The highest BCUT2D eigenvalue weighted by Gasteiger charge is 2.49. The molecule has 1 saturated carbocycles. The maximum absolute atomic E-state index is 13.5. The zero-order chi connectivity index (χ0) is 21.5. The predicted molar refractivity (Wildman–Crippen MR) is 110 cm³/mol. The van der Waals surface area contributed by atoms with E-state index >= 15 is 0 Å². The minimum atomic E-state index is -1.19. The SMILES string of the molecule is COC(=O)c1cc2n(n1)CC(C)(C(=O)NC1CCCC1)N(c1ccc(C)cc1)C2=O. The van der Waals surface area contributed by atoms with E-state index in [2.05, 4.69) is 10.4 Å². The van der Waals surface area contributed by atoms with Crippen molar-refractivity contribution >= 4 is 23.5 Å². The lowest BCUT2D eigenvalue weighted by Crippen LogP contribution is -2.65. The second-order valence-corrected chi connectivity index (χ2v) is 8.27. The van der Waals surface area contributed by atoms with Crippen molar-refractivity contribution in [2.45, 2.75) is 57.7 Å². The monoisotopic (exact) mass is 410 g/mol. The molecule has 2 amide bonds. The lowest BCUT2D eigenvalue weighted by molar-refractivity contribution is -0.127. The molecule has 0 bridgehead atoms. The number of rotatable bonds is 4. The second kappa shape index (κ2) is 7.59. The van der Waals surface area contributed by atoms with Crippen molar-refractivity contribution in [1.29, 1.82) is 0 Å². The van der Waals surface area contributed by atoms with E-state index < -0.39 is 11.5 Å². The number of benzene rings is 1. The van der Waals surface area contributed by atoms with Crippen molar-refractivity contribution in [2.75, 3.05) is 12.0 Å². The number of esters is 1.